The lowest BCUT2D eigenvalue weighted by atomic mass is 10.1. The molecule has 0 atom stereocenters. The van der Waals surface area contributed by atoms with Gasteiger partial charge in [0.05, 0.1) is 22.4 Å². The van der Waals surface area contributed by atoms with E-state index in [2.05, 4.69) is 16.3 Å². The average molecular weight is 393 g/mol. The first-order valence-corrected chi connectivity index (χ1v) is 9.90. The summed E-state index contributed by atoms with van der Waals surface area (Å²) in [4.78, 5) is 29.6. The SMILES string of the molecule is CN(C)c1cc2c(cc1NC(=O)c1cccc(N3CCCC3)c1)n(C)c(=O)n2C. The van der Waals surface area contributed by atoms with Crippen molar-refractivity contribution in [3.05, 3.63) is 52.4 Å². The Kier molecular flexibility index (Phi) is 4.82. The molecule has 1 aromatic heterocycles. The third-order valence-electron chi connectivity index (χ3n) is 5.70. The van der Waals surface area contributed by atoms with Crippen LogP contribution in [0.15, 0.2) is 41.2 Å². The van der Waals surface area contributed by atoms with Gasteiger partial charge in [-0.3, -0.25) is 13.9 Å². The van der Waals surface area contributed by atoms with Crippen LogP contribution in [0.4, 0.5) is 17.1 Å². The Morgan fingerprint density at radius 1 is 1.00 bits per heavy atom. The van der Waals surface area contributed by atoms with Gasteiger partial charge in [0.1, 0.15) is 0 Å². The van der Waals surface area contributed by atoms with E-state index < -0.39 is 0 Å². The van der Waals surface area contributed by atoms with Crippen LogP contribution in [-0.4, -0.2) is 42.2 Å². The number of aromatic nitrogens is 2. The lowest BCUT2D eigenvalue weighted by Crippen LogP contribution is -2.19. The predicted molar refractivity (Wildman–Crippen MR) is 118 cm³/mol. The van der Waals surface area contributed by atoms with Gasteiger partial charge in [0.25, 0.3) is 5.91 Å². The standard InChI is InChI=1S/C22H27N5O2/c1-24(2)18-14-20-19(25(3)22(29)26(20)4)13-17(18)23-21(28)15-8-7-9-16(12-15)27-10-5-6-11-27/h7-9,12-14H,5-6,10-11H2,1-4H3,(H,23,28). The van der Waals surface area contributed by atoms with E-state index in [0.717, 1.165) is 35.5 Å². The molecule has 1 fully saturated rings. The molecule has 29 heavy (non-hydrogen) atoms. The Morgan fingerprint density at radius 3 is 2.31 bits per heavy atom. The van der Waals surface area contributed by atoms with Gasteiger partial charge in [-0.05, 0) is 43.2 Å². The molecule has 0 radical (unpaired) electrons. The van der Waals surface area contributed by atoms with Crippen LogP contribution in [0.2, 0.25) is 0 Å². The van der Waals surface area contributed by atoms with Crippen molar-refractivity contribution < 1.29 is 4.79 Å². The Labute approximate surface area is 170 Å². The number of carbonyl (C=O) groups is 1. The fourth-order valence-electron chi connectivity index (χ4n) is 4.02. The normalized spacial score (nSPS) is 13.9. The summed E-state index contributed by atoms with van der Waals surface area (Å²) in [6.45, 7) is 2.07. The quantitative estimate of drug-likeness (QED) is 0.740. The van der Waals surface area contributed by atoms with E-state index in [4.69, 9.17) is 0 Å². The molecule has 1 amide bonds. The van der Waals surface area contributed by atoms with Crippen molar-refractivity contribution in [3.8, 4) is 0 Å². The maximum Gasteiger partial charge on any atom is 0.328 e. The molecular weight excluding hydrogens is 366 g/mol. The Balaban J connectivity index is 1.70. The van der Waals surface area contributed by atoms with E-state index in [1.54, 1.807) is 23.2 Å². The molecule has 0 spiro atoms. The molecule has 0 saturated carbocycles. The first-order chi connectivity index (χ1) is 13.9. The largest absolute Gasteiger partial charge is 0.376 e. The molecular formula is C22H27N5O2. The van der Waals surface area contributed by atoms with Crippen LogP contribution in [-0.2, 0) is 14.1 Å². The van der Waals surface area contributed by atoms with Crippen molar-refractivity contribution in [2.24, 2.45) is 14.1 Å². The zero-order chi connectivity index (χ0) is 20.7. The zero-order valence-corrected chi connectivity index (χ0v) is 17.4. The lowest BCUT2D eigenvalue weighted by molar-refractivity contribution is 0.102. The summed E-state index contributed by atoms with van der Waals surface area (Å²) >= 11 is 0. The minimum Gasteiger partial charge on any atom is -0.376 e. The summed E-state index contributed by atoms with van der Waals surface area (Å²) in [6, 6.07) is 11.6. The zero-order valence-electron chi connectivity index (χ0n) is 17.4. The van der Waals surface area contributed by atoms with Gasteiger partial charge in [-0.2, -0.15) is 0 Å². The van der Waals surface area contributed by atoms with Crippen molar-refractivity contribution in [2.75, 3.05) is 42.3 Å². The van der Waals surface area contributed by atoms with Gasteiger partial charge >= 0.3 is 5.69 Å². The van der Waals surface area contributed by atoms with Gasteiger partial charge < -0.3 is 15.1 Å². The summed E-state index contributed by atoms with van der Waals surface area (Å²) in [5.74, 6) is -0.158. The molecule has 4 rings (SSSR count). The highest BCUT2D eigenvalue weighted by atomic mass is 16.2. The number of anilines is 3. The molecule has 1 aliphatic rings. The first kappa shape index (κ1) is 19.1. The number of nitrogens with one attached hydrogen (secondary N) is 1. The first-order valence-electron chi connectivity index (χ1n) is 9.90. The van der Waals surface area contributed by atoms with Gasteiger partial charge in [-0.1, -0.05) is 6.07 Å². The second kappa shape index (κ2) is 7.31. The highest BCUT2D eigenvalue weighted by Crippen LogP contribution is 2.30. The van der Waals surface area contributed by atoms with E-state index in [0.29, 0.717) is 11.3 Å². The highest BCUT2D eigenvalue weighted by Gasteiger charge is 2.18. The van der Waals surface area contributed by atoms with Gasteiger partial charge in [0.15, 0.2) is 0 Å². The van der Waals surface area contributed by atoms with Crippen LogP contribution in [0.3, 0.4) is 0 Å². The van der Waals surface area contributed by atoms with Crippen molar-refractivity contribution in [1.29, 1.82) is 0 Å². The number of aryl methyl sites for hydroxylation is 2. The third kappa shape index (κ3) is 3.37. The molecule has 0 bridgehead atoms. The monoisotopic (exact) mass is 393 g/mol. The van der Waals surface area contributed by atoms with Crippen molar-refractivity contribution in [3.63, 3.8) is 0 Å². The fraction of sp³-hybridized carbons (Fsp3) is 0.364. The second-order valence-corrected chi connectivity index (χ2v) is 7.85. The molecule has 3 aromatic rings. The number of amides is 1. The van der Waals surface area contributed by atoms with Gasteiger partial charge in [0.2, 0.25) is 0 Å². The maximum absolute atomic E-state index is 13.0. The van der Waals surface area contributed by atoms with Gasteiger partial charge in [-0.25, -0.2) is 4.79 Å². The second-order valence-electron chi connectivity index (χ2n) is 7.85. The molecule has 1 saturated heterocycles. The summed E-state index contributed by atoms with van der Waals surface area (Å²) in [5, 5.41) is 3.05. The molecule has 1 N–H and O–H groups in total. The number of rotatable bonds is 4. The maximum atomic E-state index is 13.0. The highest BCUT2D eigenvalue weighted by molar-refractivity contribution is 6.07. The van der Waals surface area contributed by atoms with Crippen LogP contribution in [0.25, 0.3) is 11.0 Å². The topological polar surface area (TPSA) is 62.5 Å². The Hall–Kier alpha value is -3.22. The number of hydrogen-bond donors (Lipinski definition) is 1. The average Bonchev–Trinajstić information content (AvgIpc) is 3.32. The summed E-state index contributed by atoms with van der Waals surface area (Å²) in [5.41, 5.74) is 4.76. The number of fused-ring (bicyclic) bond motifs is 1. The van der Waals surface area contributed by atoms with Crippen LogP contribution in [0.5, 0.6) is 0 Å². The van der Waals surface area contributed by atoms with Crippen molar-refractivity contribution >= 4 is 34.0 Å². The molecule has 7 heteroatoms. The molecule has 2 aromatic carbocycles. The van der Waals surface area contributed by atoms with E-state index in [-0.39, 0.29) is 11.6 Å². The predicted octanol–water partition coefficient (Wildman–Crippen LogP) is 2.80. The summed E-state index contributed by atoms with van der Waals surface area (Å²) in [7, 11) is 7.34. The van der Waals surface area contributed by atoms with E-state index in [9.17, 15) is 9.59 Å². The fourth-order valence-corrected chi connectivity index (χ4v) is 4.02. The number of imidazole rings is 1. The van der Waals surface area contributed by atoms with Crippen LogP contribution in [0.1, 0.15) is 23.2 Å². The van der Waals surface area contributed by atoms with Gasteiger partial charge in [-0.15, -0.1) is 0 Å². The minimum absolute atomic E-state index is 0.0912. The van der Waals surface area contributed by atoms with Crippen LogP contribution < -0.4 is 20.8 Å². The van der Waals surface area contributed by atoms with Gasteiger partial charge in [0, 0.05) is 52.5 Å². The molecule has 2 heterocycles. The molecule has 0 unspecified atom stereocenters. The molecule has 0 aliphatic carbocycles. The smallest absolute Gasteiger partial charge is 0.328 e. The van der Waals surface area contributed by atoms with Crippen LogP contribution >= 0.6 is 0 Å². The minimum atomic E-state index is -0.158. The van der Waals surface area contributed by atoms with E-state index in [1.165, 1.54) is 12.8 Å². The van der Waals surface area contributed by atoms with Crippen molar-refractivity contribution in [1.82, 2.24) is 9.13 Å². The Bertz CT molecular complexity index is 1140. The van der Waals surface area contributed by atoms with Crippen LogP contribution in [0, 0.1) is 0 Å². The van der Waals surface area contributed by atoms with E-state index >= 15 is 0 Å². The number of benzene rings is 2. The Morgan fingerprint density at radius 2 is 1.66 bits per heavy atom. The third-order valence-corrected chi connectivity index (χ3v) is 5.70. The molecule has 152 valence electrons. The molecule has 7 nitrogen and oxygen atoms in total. The molecule has 1 aliphatic heterocycles. The van der Waals surface area contributed by atoms with Crippen molar-refractivity contribution in [2.45, 2.75) is 12.8 Å². The van der Waals surface area contributed by atoms with E-state index in [1.807, 2.05) is 49.3 Å². The number of hydrogen-bond acceptors (Lipinski definition) is 4. The number of nitrogens with zero attached hydrogens (tertiary/aromatic N) is 4. The summed E-state index contributed by atoms with van der Waals surface area (Å²) < 4.78 is 3.21. The summed E-state index contributed by atoms with van der Waals surface area (Å²) in [6.07, 6.45) is 2.39. The number of carbonyl (C=O) groups excluding carboxylic acids is 1. The lowest BCUT2D eigenvalue weighted by Gasteiger charge is -2.20.